The summed E-state index contributed by atoms with van der Waals surface area (Å²) in [6.45, 7) is 9.69. The summed E-state index contributed by atoms with van der Waals surface area (Å²) in [5.74, 6) is -1.13. The molecule has 0 aliphatic rings. The van der Waals surface area contributed by atoms with E-state index in [0.29, 0.717) is 0 Å². The number of nitrogens with zero attached hydrogens (tertiary/aromatic N) is 1. The molecule has 0 aliphatic carbocycles. The first kappa shape index (κ1) is 20.1. The SMILES string of the molecule is CC[NH+](CC)CCC[C@H](C)N=C(NC(=O)c1ccccc1F)OC. The molecule has 0 radical (unpaired) electrons. The third kappa shape index (κ3) is 6.66. The highest BCUT2D eigenvalue weighted by Crippen LogP contribution is 2.06. The van der Waals surface area contributed by atoms with Crippen LogP contribution in [0.1, 0.15) is 44.0 Å². The second-order valence-corrected chi connectivity index (χ2v) is 5.77. The van der Waals surface area contributed by atoms with Crippen LogP contribution in [0, 0.1) is 5.82 Å². The molecule has 0 aliphatic heterocycles. The number of quaternary nitrogens is 1. The van der Waals surface area contributed by atoms with Crippen molar-refractivity contribution in [1.29, 1.82) is 0 Å². The topological polar surface area (TPSA) is 55.1 Å². The molecule has 6 heteroatoms. The molecule has 0 saturated heterocycles. The zero-order chi connectivity index (χ0) is 17.9. The third-order valence-electron chi connectivity index (χ3n) is 4.02. The van der Waals surface area contributed by atoms with Crippen LogP contribution in [0.25, 0.3) is 0 Å². The molecule has 1 atom stereocenters. The lowest BCUT2D eigenvalue weighted by Gasteiger charge is -2.16. The zero-order valence-electron chi connectivity index (χ0n) is 15.1. The van der Waals surface area contributed by atoms with E-state index in [1.807, 2.05) is 6.92 Å². The molecule has 0 unspecified atom stereocenters. The van der Waals surface area contributed by atoms with Gasteiger partial charge in [-0.1, -0.05) is 12.1 Å². The third-order valence-corrected chi connectivity index (χ3v) is 4.02. The van der Waals surface area contributed by atoms with Gasteiger partial charge in [-0.25, -0.2) is 9.38 Å². The first-order chi connectivity index (χ1) is 11.5. The van der Waals surface area contributed by atoms with E-state index in [1.54, 1.807) is 11.0 Å². The van der Waals surface area contributed by atoms with Crippen molar-refractivity contribution < 1.29 is 18.8 Å². The van der Waals surface area contributed by atoms with Crippen LogP contribution in [0.2, 0.25) is 0 Å². The number of nitrogens with one attached hydrogen (secondary N) is 2. The highest BCUT2D eigenvalue weighted by Gasteiger charge is 2.14. The van der Waals surface area contributed by atoms with Crippen molar-refractivity contribution in [2.45, 2.75) is 39.7 Å². The van der Waals surface area contributed by atoms with Gasteiger partial charge in [0.15, 0.2) is 0 Å². The fourth-order valence-corrected chi connectivity index (χ4v) is 2.46. The van der Waals surface area contributed by atoms with Crippen molar-refractivity contribution in [3.63, 3.8) is 0 Å². The summed E-state index contributed by atoms with van der Waals surface area (Å²) in [7, 11) is 1.44. The molecule has 24 heavy (non-hydrogen) atoms. The Bertz CT molecular complexity index is 545. The molecular weight excluding hydrogens is 309 g/mol. The lowest BCUT2D eigenvalue weighted by molar-refractivity contribution is -0.896. The Morgan fingerprint density at radius 3 is 2.58 bits per heavy atom. The molecule has 0 heterocycles. The van der Waals surface area contributed by atoms with Crippen molar-refractivity contribution in [3.05, 3.63) is 35.6 Å². The van der Waals surface area contributed by atoms with Gasteiger partial charge < -0.3 is 9.64 Å². The van der Waals surface area contributed by atoms with Gasteiger partial charge in [0.1, 0.15) is 5.82 Å². The maximum atomic E-state index is 13.6. The molecular formula is C18H29FN3O2+. The molecule has 0 saturated carbocycles. The first-order valence-corrected chi connectivity index (χ1v) is 8.53. The fraction of sp³-hybridized carbons (Fsp3) is 0.556. The van der Waals surface area contributed by atoms with Gasteiger partial charge in [-0.3, -0.25) is 10.1 Å². The van der Waals surface area contributed by atoms with E-state index >= 15 is 0 Å². The summed E-state index contributed by atoms with van der Waals surface area (Å²) >= 11 is 0. The zero-order valence-corrected chi connectivity index (χ0v) is 15.1. The highest BCUT2D eigenvalue weighted by atomic mass is 19.1. The van der Waals surface area contributed by atoms with Crippen LogP contribution in [0.5, 0.6) is 0 Å². The quantitative estimate of drug-likeness (QED) is 0.559. The molecule has 1 aromatic carbocycles. The summed E-state index contributed by atoms with van der Waals surface area (Å²) in [4.78, 5) is 18.0. The Hall–Kier alpha value is -1.95. The molecule has 1 aromatic rings. The van der Waals surface area contributed by atoms with E-state index < -0.39 is 11.7 Å². The number of aliphatic imine (C=N–C) groups is 1. The number of rotatable bonds is 8. The van der Waals surface area contributed by atoms with E-state index in [0.717, 1.165) is 32.5 Å². The van der Waals surface area contributed by atoms with Crippen LogP contribution < -0.4 is 10.2 Å². The van der Waals surface area contributed by atoms with Crippen LogP contribution in [-0.2, 0) is 4.74 Å². The predicted molar refractivity (Wildman–Crippen MR) is 93.9 cm³/mol. The van der Waals surface area contributed by atoms with Crippen molar-refractivity contribution >= 4 is 11.9 Å². The fourth-order valence-electron chi connectivity index (χ4n) is 2.46. The monoisotopic (exact) mass is 338 g/mol. The summed E-state index contributed by atoms with van der Waals surface area (Å²) in [5.41, 5.74) is -0.0277. The Balaban J connectivity index is 2.56. The van der Waals surface area contributed by atoms with Crippen molar-refractivity contribution in [2.75, 3.05) is 26.7 Å². The smallest absolute Gasteiger partial charge is 0.291 e. The number of ether oxygens (including phenoxy) is 1. The van der Waals surface area contributed by atoms with E-state index in [-0.39, 0.29) is 17.6 Å². The van der Waals surface area contributed by atoms with Gasteiger partial charge in [0.05, 0.1) is 38.3 Å². The van der Waals surface area contributed by atoms with Gasteiger partial charge >= 0.3 is 0 Å². The normalized spacial score (nSPS) is 13.0. The molecule has 0 fully saturated rings. The summed E-state index contributed by atoms with van der Waals surface area (Å²) in [6.07, 6.45) is 1.96. The summed E-state index contributed by atoms with van der Waals surface area (Å²) in [5, 5.41) is 2.52. The van der Waals surface area contributed by atoms with Crippen LogP contribution in [0.15, 0.2) is 29.3 Å². The van der Waals surface area contributed by atoms with Gasteiger partial charge in [0.2, 0.25) is 0 Å². The first-order valence-electron chi connectivity index (χ1n) is 8.53. The Morgan fingerprint density at radius 2 is 2.00 bits per heavy atom. The van der Waals surface area contributed by atoms with E-state index in [2.05, 4.69) is 24.2 Å². The maximum absolute atomic E-state index is 13.6. The molecule has 134 valence electrons. The number of hydrogen-bond acceptors (Lipinski definition) is 3. The Labute approximate surface area is 143 Å². The summed E-state index contributed by atoms with van der Waals surface area (Å²) < 4.78 is 18.7. The minimum atomic E-state index is -0.569. The van der Waals surface area contributed by atoms with Crippen molar-refractivity contribution in [1.82, 2.24) is 5.32 Å². The minimum Gasteiger partial charge on any atom is -0.468 e. The van der Waals surface area contributed by atoms with Crippen LogP contribution in [0.3, 0.4) is 0 Å². The number of methoxy groups -OCH3 is 1. The number of carbonyl (C=O) groups is 1. The summed E-state index contributed by atoms with van der Waals surface area (Å²) in [6, 6.07) is 5.96. The van der Waals surface area contributed by atoms with Crippen LogP contribution in [0.4, 0.5) is 4.39 Å². The number of benzene rings is 1. The van der Waals surface area contributed by atoms with Gasteiger partial charge in [0, 0.05) is 0 Å². The van der Waals surface area contributed by atoms with Crippen molar-refractivity contribution in [3.8, 4) is 0 Å². The average Bonchev–Trinajstić information content (AvgIpc) is 2.58. The Morgan fingerprint density at radius 1 is 1.33 bits per heavy atom. The van der Waals surface area contributed by atoms with Crippen LogP contribution in [-0.4, -0.2) is 44.7 Å². The van der Waals surface area contributed by atoms with Gasteiger partial charge in [-0.15, -0.1) is 0 Å². The molecule has 1 rings (SSSR count). The van der Waals surface area contributed by atoms with E-state index in [4.69, 9.17) is 4.74 Å². The van der Waals surface area contributed by atoms with E-state index in [1.165, 1.54) is 25.3 Å². The van der Waals surface area contributed by atoms with Crippen LogP contribution >= 0.6 is 0 Å². The van der Waals surface area contributed by atoms with Gasteiger partial charge in [-0.2, -0.15) is 0 Å². The second kappa shape index (κ2) is 10.8. The second-order valence-electron chi connectivity index (χ2n) is 5.77. The minimum absolute atomic E-state index is 0.0239. The number of halogens is 1. The standard InChI is InChI=1S/C18H28FN3O2/c1-5-22(6-2)13-9-10-14(3)20-18(24-4)21-17(23)15-11-7-8-12-16(15)19/h7-8,11-12,14H,5-6,9-10,13H2,1-4H3,(H,20,21,23)/p+1/t14-/m0/s1. The number of amidine groups is 1. The lowest BCUT2D eigenvalue weighted by atomic mass is 10.2. The lowest BCUT2D eigenvalue weighted by Crippen LogP contribution is -3.11. The molecule has 1 amide bonds. The highest BCUT2D eigenvalue weighted by molar-refractivity contribution is 6.04. The number of amides is 1. The molecule has 0 aromatic heterocycles. The molecule has 0 spiro atoms. The maximum Gasteiger partial charge on any atom is 0.291 e. The molecule has 5 nitrogen and oxygen atoms in total. The molecule has 0 bridgehead atoms. The van der Waals surface area contributed by atoms with Crippen molar-refractivity contribution in [2.24, 2.45) is 4.99 Å². The predicted octanol–water partition coefficient (Wildman–Crippen LogP) is 1.65. The average molecular weight is 338 g/mol. The largest absolute Gasteiger partial charge is 0.468 e. The Kier molecular flexibility index (Phi) is 9.01. The molecule has 2 N–H and O–H groups in total. The van der Waals surface area contributed by atoms with Gasteiger partial charge in [-0.05, 0) is 45.7 Å². The van der Waals surface area contributed by atoms with Gasteiger partial charge in [0.25, 0.3) is 11.9 Å². The van der Waals surface area contributed by atoms with E-state index in [9.17, 15) is 9.18 Å². The number of hydrogen-bond donors (Lipinski definition) is 2. The number of carbonyl (C=O) groups excluding carboxylic acids is 1.